The Bertz CT molecular complexity index is 1100. The maximum atomic E-state index is 13.4. The number of fused-ring (bicyclic) bond motifs is 1. The summed E-state index contributed by atoms with van der Waals surface area (Å²) in [4.78, 5) is 17.8. The van der Waals surface area contributed by atoms with E-state index < -0.39 is 23.8 Å². The van der Waals surface area contributed by atoms with Gasteiger partial charge in [-0.25, -0.2) is 4.98 Å². The Labute approximate surface area is 207 Å². The average molecular weight is 509 g/mol. The molecule has 2 aliphatic heterocycles. The number of alkyl halides is 3. The van der Waals surface area contributed by atoms with Crippen LogP contribution in [0.4, 0.5) is 13.2 Å². The van der Waals surface area contributed by atoms with E-state index in [1.807, 2.05) is 0 Å². The molecule has 0 radical (unpaired) electrons. The summed E-state index contributed by atoms with van der Waals surface area (Å²) in [5, 5.41) is 10.1. The van der Waals surface area contributed by atoms with Crippen molar-refractivity contribution in [1.82, 2.24) is 9.88 Å². The van der Waals surface area contributed by atoms with Crippen LogP contribution in [0.15, 0.2) is 18.2 Å². The Hall–Kier alpha value is -2.13. The lowest BCUT2D eigenvalue weighted by Gasteiger charge is -2.44. The molecule has 1 saturated heterocycles. The topological polar surface area (TPSA) is 62.7 Å². The molecule has 0 amide bonds. The summed E-state index contributed by atoms with van der Waals surface area (Å²) in [7, 11) is 0. The predicted molar refractivity (Wildman–Crippen MR) is 127 cm³/mol. The standard InChI is InChI=1S/C26H31F3N2O3S/c1-15(24(32)33)22(18-4-5-18)19-6-3-17-7-8-25(34-20(17)13-19)9-11-31(12-10-25)14-21-23(26(27,28)29)30-16(2)35-21/h3,6,13,15,18,22H,4-5,7-12,14H2,1-2H3,(H,32,33)/t15-,22?/m0/s1. The largest absolute Gasteiger partial charge is 0.487 e. The summed E-state index contributed by atoms with van der Waals surface area (Å²) in [6.45, 7) is 5.00. The number of thiazole rings is 1. The van der Waals surface area contributed by atoms with Gasteiger partial charge in [0.25, 0.3) is 0 Å². The molecule has 2 atom stereocenters. The van der Waals surface area contributed by atoms with Crippen molar-refractivity contribution in [2.24, 2.45) is 11.8 Å². The fraction of sp³-hybridized carbons (Fsp3) is 0.615. The van der Waals surface area contributed by atoms with Crippen molar-refractivity contribution in [3.05, 3.63) is 44.9 Å². The number of hydrogen-bond acceptors (Lipinski definition) is 5. The van der Waals surface area contributed by atoms with E-state index >= 15 is 0 Å². The van der Waals surface area contributed by atoms with Crippen molar-refractivity contribution in [3.8, 4) is 5.75 Å². The third kappa shape index (κ3) is 5.07. The smallest absolute Gasteiger partial charge is 0.434 e. The zero-order valence-corrected chi connectivity index (χ0v) is 20.8. The number of hydrogen-bond donors (Lipinski definition) is 1. The number of aliphatic carboxylic acids is 1. The molecule has 1 saturated carbocycles. The number of rotatable bonds is 6. The van der Waals surface area contributed by atoms with Gasteiger partial charge in [-0.2, -0.15) is 13.2 Å². The van der Waals surface area contributed by atoms with E-state index in [2.05, 4.69) is 28.1 Å². The number of piperidine rings is 1. The van der Waals surface area contributed by atoms with Crippen LogP contribution >= 0.6 is 11.3 Å². The number of carboxylic acids is 1. The van der Waals surface area contributed by atoms with E-state index in [1.165, 1.54) is 0 Å². The Morgan fingerprint density at radius 1 is 1.29 bits per heavy atom. The number of aromatic nitrogens is 1. The van der Waals surface area contributed by atoms with Crippen LogP contribution in [0.5, 0.6) is 5.75 Å². The summed E-state index contributed by atoms with van der Waals surface area (Å²) in [6, 6.07) is 6.21. The molecule has 3 heterocycles. The quantitative estimate of drug-likeness (QED) is 0.515. The van der Waals surface area contributed by atoms with Crippen LogP contribution in [-0.4, -0.2) is 39.7 Å². The third-order valence-corrected chi connectivity index (χ3v) is 8.87. The van der Waals surface area contributed by atoms with E-state index in [4.69, 9.17) is 4.74 Å². The van der Waals surface area contributed by atoms with Crippen molar-refractivity contribution in [2.45, 2.75) is 76.6 Å². The van der Waals surface area contributed by atoms with Crippen molar-refractivity contribution in [3.63, 3.8) is 0 Å². The number of likely N-dealkylation sites (tertiary alicyclic amines) is 1. The van der Waals surface area contributed by atoms with Crippen LogP contribution < -0.4 is 4.74 Å². The second-order valence-electron chi connectivity index (χ2n) is 10.4. The van der Waals surface area contributed by atoms with E-state index in [1.54, 1.807) is 13.8 Å². The Morgan fingerprint density at radius 2 is 2.00 bits per heavy atom. The highest BCUT2D eigenvalue weighted by Crippen LogP contribution is 2.49. The number of ether oxygens (including phenoxy) is 1. The molecule has 1 N–H and O–H groups in total. The van der Waals surface area contributed by atoms with E-state index in [9.17, 15) is 23.1 Å². The Morgan fingerprint density at radius 3 is 2.63 bits per heavy atom. The number of carboxylic acid groups (broad SMARTS) is 1. The SMILES string of the molecule is Cc1nc(C(F)(F)F)c(CN2CCC3(CCc4ccc(C(C5CC5)[C@H](C)C(=O)O)cc4O3)CC2)s1. The molecule has 5 rings (SSSR count). The minimum Gasteiger partial charge on any atom is -0.487 e. The van der Waals surface area contributed by atoms with Gasteiger partial charge < -0.3 is 9.84 Å². The molecular formula is C26H31F3N2O3S. The first kappa shape index (κ1) is 24.6. The van der Waals surface area contributed by atoms with E-state index in [-0.39, 0.29) is 22.9 Å². The monoisotopic (exact) mass is 508 g/mol. The Kier molecular flexibility index (Phi) is 6.36. The van der Waals surface area contributed by atoms with Gasteiger partial charge in [-0.15, -0.1) is 11.3 Å². The Balaban J connectivity index is 1.28. The summed E-state index contributed by atoms with van der Waals surface area (Å²) in [5.41, 5.74) is 1.12. The molecule has 190 valence electrons. The van der Waals surface area contributed by atoms with E-state index in [0.29, 0.717) is 24.0 Å². The fourth-order valence-electron chi connectivity index (χ4n) is 5.78. The average Bonchev–Trinajstić information content (AvgIpc) is 3.55. The highest BCUT2D eigenvalue weighted by atomic mass is 32.1. The molecule has 1 unspecified atom stereocenters. The van der Waals surface area contributed by atoms with Gasteiger partial charge in [-0.3, -0.25) is 9.69 Å². The van der Waals surface area contributed by atoms with Crippen molar-refractivity contribution < 1.29 is 27.8 Å². The predicted octanol–water partition coefficient (Wildman–Crippen LogP) is 6.04. The molecule has 35 heavy (non-hydrogen) atoms. The first-order valence-corrected chi connectivity index (χ1v) is 13.2. The van der Waals surface area contributed by atoms with Crippen LogP contribution in [0.25, 0.3) is 0 Å². The van der Waals surface area contributed by atoms with Gasteiger partial charge in [-0.1, -0.05) is 19.1 Å². The first-order chi connectivity index (χ1) is 16.5. The van der Waals surface area contributed by atoms with Gasteiger partial charge in [0.15, 0.2) is 5.69 Å². The molecule has 2 aromatic rings. The van der Waals surface area contributed by atoms with Gasteiger partial charge in [-0.05, 0) is 74.5 Å². The number of nitrogens with zero attached hydrogens (tertiary/aromatic N) is 2. The maximum absolute atomic E-state index is 13.4. The van der Waals surface area contributed by atoms with Crippen LogP contribution in [0, 0.1) is 18.8 Å². The van der Waals surface area contributed by atoms with Crippen LogP contribution in [-0.2, 0) is 23.9 Å². The zero-order valence-electron chi connectivity index (χ0n) is 20.0. The van der Waals surface area contributed by atoms with E-state index in [0.717, 1.165) is 66.7 Å². The van der Waals surface area contributed by atoms with Gasteiger partial charge in [0.05, 0.1) is 15.8 Å². The summed E-state index contributed by atoms with van der Waals surface area (Å²) >= 11 is 1.12. The van der Waals surface area contributed by atoms with Crippen molar-refractivity contribution >= 4 is 17.3 Å². The van der Waals surface area contributed by atoms with Crippen LogP contribution in [0.3, 0.4) is 0 Å². The van der Waals surface area contributed by atoms with Gasteiger partial charge in [0.1, 0.15) is 11.4 Å². The van der Waals surface area contributed by atoms with Crippen LogP contribution in [0.2, 0.25) is 0 Å². The third-order valence-electron chi connectivity index (χ3n) is 7.92. The number of halogens is 3. The molecular weight excluding hydrogens is 477 g/mol. The number of aryl methyl sites for hydroxylation is 2. The highest BCUT2D eigenvalue weighted by Gasteiger charge is 2.43. The summed E-state index contributed by atoms with van der Waals surface area (Å²) < 4.78 is 46.7. The zero-order chi connectivity index (χ0) is 25.0. The van der Waals surface area contributed by atoms with Gasteiger partial charge >= 0.3 is 12.1 Å². The fourth-order valence-corrected chi connectivity index (χ4v) is 6.78. The first-order valence-electron chi connectivity index (χ1n) is 12.4. The van der Waals surface area contributed by atoms with Gasteiger partial charge in [0, 0.05) is 19.6 Å². The second kappa shape index (κ2) is 9.07. The second-order valence-corrected chi connectivity index (χ2v) is 11.7. The highest BCUT2D eigenvalue weighted by molar-refractivity contribution is 7.11. The normalized spacial score (nSPS) is 21.9. The lowest BCUT2D eigenvalue weighted by molar-refractivity contribution is -0.142. The number of benzene rings is 1. The minimum atomic E-state index is -4.43. The van der Waals surface area contributed by atoms with Crippen molar-refractivity contribution in [1.29, 1.82) is 0 Å². The minimum absolute atomic E-state index is 0.00758. The number of carbonyl (C=O) groups is 1. The van der Waals surface area contributed by atoms with Crippen LogP contribution in [0.1, 0.15) is 71.7 Å². The summed E-state index contributed by atoms with van der Waals surface area (Å²) in [6.07, 6.45) is 0.996. The molecule has 1 aliphatic carbocycles. The molecule has 5 nitrogen and oxygen atoms in total. The molecule has 1 aromatic heterocycles. The summed E-state index contributed by atoms with van der Waals surface area (Å²) in [5.74, 6) is 0.0408. The lowest BCUT2D eigenvalue weighted by Crippen LogP contribution is -2.49. The molecule has 0 bridgehead atoms. The molecule has 2 fully saturated rings. The molecule has 3 aliphatic rings. The molecule has 1 spiro atoms. The lowest BCUT2D eigenvalue weighted by atomic mass is 9.80. The maximum Gasteiger partial charge on any atom is 0.434 e. The molecule has 1 aromatic carbocycles. The molecule has 9 heteroatoms. The van der Waals surface area contributed by atoms with Gasteiger partial charge in [0.2, 0.25) is 0 Å². The van der Waals surface area contributed by atoms with Crippen molar-refractivity contribution in [2.75, 3.05) is 13.1 Å².